The van der Waals surface area contributed by atoms with Gasteiger partial charge in [0.2, 0.25) is 5.82 Å². The second-order valence-corrected chi connectivity index (χ2v) is 6.04. The molecular formula is C18H16F3N3O2. The summed E-state index contributed by atoms with van der Waals surface area (Å²) < 4.78 is 50.2. The molecule has 1 aliphatic heterocycles. The molecule has 1 aromatic heterocycles. The summed E-state index contributed by atoms with van der Waals surface area (Å²) in [5.74, 6) is -0.405. The van der Waals surface area contributed by atoms with E-state index < -0.39 is 12.0 Å². The fourth-order valence-electron chi connectivity index (χ4n) is 2.85. The van der Waals surface area contributed by atoms with E-state index in [1.165, 1.54) is 6.07 Å². The highest BCUT2D eigenvalue weighted by Gasteiger charge is 2.36. The van der Waals surface area contributed by atoms with Gasteiger partial charge in [-0.3, -0.25) is 0 Å². The van der Waals surface area contributed by atoms with Crippen molar-refractivity contribution in [3.63, 3.8) is 0 Å². The standard InChI is InChI=1S/C18H16F3N3O2/c19-18(20,21)17-23-13-6-7-14-16(15(13)24-17)26-12(10-25-14)9-22-8-11-4-2-1-3-5-11/h1-7,12,22H,8-10H2,(H,23,24). The number of halogens is 3. The van der Waals surface area contributed by atoms with E-state index >= 15 is 0 Å². The van der Waals surface area contributed by atoms with E-state index in [0.29, 0.717) is 25.4 Å². The van der Waals surface area contributed by atoms with Gasteiger partial charge in [-0.25, -0.2) is 4.98 Å². The summed E-state index contributed by atoms with van der Waals surface area (Å²) in [6, 6.07) is 13.0. The van der Waals surface area contributed by atoms with Gasteiger partial charge in [-0.1, -0.05) is 30.3 Å². The summed E-state index contributed by atoms with van der Waals surface area (Å²) in [4.78, 5) is 5.93. The number of imidazole rings is 1. The van der Waals surface area contributed by atoms with Gasteiger partial charge in [-0.15, -0.1) is 0 Å². The largest absolute Gasteiger partial charge is 0.486 e. The Hall–Kier alpha value is -2.74. The van der Waals surface area contributed by atoms with Gasteiger partial charge in [0.15, 0.2) is 11.5 Å². The van der Waals surface area contributed by atoms with Crippen LogP contribution in [-0.4, -0.2) is 29.2 Å². The quantitative estimate of drug-likeness (QED) is 0.745. The van der Waals surface area contributed by atoms with E-state index in [4.69, 9.17) is 9.47 Å². The van der Waals surface area contributed by atoms with Crippen molar-refractivity contribution in [2.75, 3.05) is 13.2 Å². The number of benzene rings is 2. The Balaban J connectivity index is 1.49. The van der Waals surface area contributed by atoms with Gasteiger partial charge < -0.3 is 19.8 Å². The van der Waals surface area contributed by atoms with Crippen LogP contribution >= 0.6 is 0 Å². The number of H-pyrrole nitrogens is 1. The first-order valence-corrected chi connectivity index (χ1v) is 8.15. The number of hydrogen-bond donors (Lipinski definition) is 2. The molecule has 3 aromatic rings. The number of fused-ring (bicyclic) bond motifs is 3. The summed E-state index contributed by atoms with van der Waals surface area (Å²) in [7, 11) is 0. The third kappa shape index (κ3) is 3.32. The first-order valence-electron chi connectivity index (χ1n) is 8.15. The number of nitrogens with one attached hydrogen (secondary N) is 2. The van der Waals surface area contributed by atoms with Gasteiger partial charge in [0.05, 0.1) is 5.52 Å². The van der Waals surface area contributed by atoms with Gasteiger partial charge in [-0.05, 0) is 17.7 Å². The lowest BCUT2D eigenvalue weighted by Crippen LogP contribution is -2.38. The molecule has 5 nitrogen and oxygen atoms in total. The van der Waals surface area contributed by atoms with Crippen molar-refractivity contribution in [1.82, 2.24) is 15.3 Å². The zero-order valence-corrected chi connectivity index (χ0v) is 13.6. The van der Waals surface area contributed by atoms with E-state index in [1.807, 2.05) is 30.3 Å². The minimum atomic E-state index is -4.54. The minimum Gasteiger partial charge on any atom is -0.486 e. The lowest BCUT2D eigenvalue weighted by atomic mass is 10.2. The highest BCUT2D eigenvalue weighted by atomic mass is 19.4. The van der Waals surface area contributed by atoms with Crippen molar-refractivity contribution >= 4 is 11.0 Å². The molecule has 0 amide bonds. The molecule has 0 fully saturated rings. The molecular weight excluding hydrogens is 347 g/mol. The van der Waals surface area contributed by atoms with Gasteiger partial charge in [-0.2, -0.15) is 13.2 Å². The molecule has 2 N–H and O–H groups in total. The Morgan fingerprint density at radius 2 is 1.96 bits per heavy atom. The van der Waals surface area contributed by atoms with E-state index in [9.17, 15) is 13.2 Å². The summed E-state index contributed by atoms with van der Waals surface area (Å²) in [5.41, 5.74) is 1.52. The summed E-state index contributed by atoms with van der Waals surface area (Å²) >= 11 is 0. The van der Waals surface area contributed by atoms with Crippen LogP contribution in [0.4, 0.5) is 13.2 Å². The lowest BCUT2D eigenvalue weighted by Gasteiger charge is -2.26. The Bertz CT molecular complexity index is 909. The van der Waals surface area contributed by atoms with Gasteiger partial charge >= 0.3 is 6.18 Å². The second kappa shape index (κ2) is 6.53. The maximum absolute atomic E-state index is 12.9. The van der Waals surface area contributed by atoms with E-state index in [1.54, 1.807) is 6.07 Å². The number of rotatable bonds is 4. The summed E-state index contributed by atoms with van der Waals surface area (Å²) in [5, 5.41) is 3.27. The third-order valence-corrected chi connectivity index (χ3v) is 4.09. The Kier molecular flexibility index (Phi) is 4.20. The normalized spacial score (nSPS) is 16.8. The van der Waals surface area contributed by atoms with Gasteiger partial charge in [0.1, 0.15) is 18.2 Å². The van der Waals surface area contributed by atoms with Crippen LogP contribution in [0.25, 0.3) is 11.0 Å². The monoisotopic (exact) mass is 363 g/mol. The molecule has 136 valence electrons. The van der Waals surface area contributed by atoms with Crippen molar-refractivity contribution < 1.29 is 22.6 Å². The van der Waals surface area contributed by atoms with Crippen molar-refractivity contribution in [3.8, 4) is 11.5 Å². The van der Waals surface area contributed by atoms with Crippen LogP contribution in [0.2, 0.25) is 0 Å². The van der Waals surface area contributed by atoms with E-state index in [0.717, 1.165) is 5.56 Å². The topological polar surface area (TPSA) is 59.2 Å². The average Bonchev–Trinajstić information content (AvgIpc) is 3.08. The molecule has 0 saturated carbocycles. The van der Waals surface area contributed by atoms with Crippen molar-refractivity contribution in [3.05, 3.63) is 53.9 Å². The molecule has 1 unspecified atom stereocenters. The maximum atomic E-state index is 12.9. The molecule has 2 aromatic carbocycles. The van der Waals surface area contributed by atoms with Crippen LogP contribution in [-0.2, 0) is 12.7 Å². The van der Waals surface area contributed by atoms with Crippen LogP contribution in [0.5, 0.6) is 11.5 Å². The van der Waals surface area contributed by atoms with Gasteiger partial charge in [0, 0.05) is 13.1 Å². The molecule has 0 aliphatic carbocycles. The molecule has 0 radical (unpaired) electrons. The zero-order valence-electron chi connectivity index (χ0n) is 13.6. The predicted molar refractivity (Wildman–Crippen MR) is 89.2 cm³/mol. The molecule has 0 spiro atoms. The van der Waals surface area contributed by atoms with Gasteiger partial charge in [0.25, 0.3) is 0 Å². The second-order valence-electron chi connectivity index (χ2n) is 6.04. The predicted octanol–water partition coefficient (Wildman–Crippen LogP) is 3.51. The summed E-state index contributed by atoms with van der Waals surface area (Å²) in [6.07, 6.45) is -4.86. The lowest BCUT2D eigenvalue weighted by molar-refractivity contribution is -0.144. The van der Waals surface area contributed by atoms with E-state index in [2.05, 4.69) is 15.3 Å². The number of alkyl halides is 3. The number of ether oxygens (including phenoxy) is 2. The van der Waals surface area contributed by atoms with Crippen molar-refractivity contribution in [2.45, 2.75) is 18.8 Å². The van der Waals surface area contributed by atoms with Crippen LogP contribution < -0.4 is 14.8 Å². The minimum absolute atomic E-state index is 0.127. The SMILES string of the molecule is FC(F)(F)c1nc2c3c(ccc2[nH]1)OCC(CNCc1ccccc1)O3. The molecule has 26 heavy (non-hydrogen) atoms. The molecule has 2 heterocycles. The number of aromatic amines is 1. The fourth-order valence-corrected chi connectivity index (χ4v) is 2.85. The first-order chi connectivity index (χ1) is 12.5. The molecule has 0 saturated heterocycles. The average molecular weight is 363 g/mol. The maximum Gasteiger partial charge on any atom is 0.449 e. The Morgan fingerprint density at radius 1 is 1.15 bits per heavy atom. The number of hydrogen-bond acceptors (Lipinski definition) is 4. The van der Waals surface area contributed by atoms with Crippen molar-refractivity contribution in [1.29, 1.82) is 0 Å². The smallest absolute Gasteiger partial charge is 0.449 e. The van der Waals surface area contributed by atoms with Crippen LogP contribution in [0.1, 0.15) is 11.4 Å². The molecule has 1 aliphatic rings. The fraction of sp³-hybridized carbons (Fsp3) is 0.278. The number of aromatic nitrogens is 2. The zero-order chi connectivity index (χ0) is 18.1. The molecule has 1 atom stereocenters. The molecule has 0 bridgehead atoms. The summed E-state index contributed by atoms with van der Waals surface area (Å²) in [6.45, 7) is 1.48. The highest BCUT2D eigenvalue weighted by Crippen LogP contribution is 2.39. The Labute approximate surface area is 147 Å². The highest BCUT2D eigenvalue weighted by molar-refractivity contribution is 5.85. The first kappa shape index (κ1) is 16.7. The van der Waals surface area contributed by atoms with Crippen molar-refractivity contribution in [2.24, 2.45) is 0 Å². The van der Waals surface area contributed by atoms with Crippen LogP contribution in [0.15, 0.2) is 42.5 Å². The molecule has 4 rings (SSSR count). The van der Waals surface area contributed by atoms with Crippen LogP contribution in [0, 0.1) is 0 Å². The molecule has 8 heteroatoms. The Morgan fingerprint density at radius 3 is 2.73 bits per heavy atom. The number of nitrogens with zero attached hydrogens (tertiary/aromatic N) is 1. The van der Waals surface area contributed by atoms with Crippen LogP contribution in [0.3, 0.4) is 0 Å². The third-order valence-electron chi connectivity index (χ3n) is 4.09. The van der Waals surface area contributed by atoms with E-state index in [-0.39, 0.29) is 22.9 Å².